The molecule has 3 aromatic rings. The Kier molecular flexibility index (Phi) is 5.03. The lowest BCUT2D eigenvalue weighted by Crippen LogP contribution is -2.25. The van der Waals surface area contributed by atoms with Gasteiger partial charge in [-0.1, -0.05) is 35.9 Å². The number of fused-ring (bicyclic) bond motifs is 1. The van der Waals surface area contributed by atoms with Crippen LogP contribution in [0.2, 0.25) is 0 Å². The molecule has 4 rings (SSSR count). The third-order valence-corrected chi connectivity index (χ3v) is 5.44. The first kappa shape index (κ1) is 19.7. The van der Waals surface area contributed by atoms with Gasteiger partial charge in [0, 0.05) is 17.9 Å². The maximum atomic E-state index is 12.5. The number of rotatable bonds is 5. The largest absolute Gasteiger partial charge is 0.496 e. The average molecular weight is 405 g/mol. The summed E-state index contributed by atoms with van der Waals surface area (Å²) in [6, 6.07) is 13.2. The number of aryl methyl sites for hydroxylation is 2. The Balaban J connectivity index is 1.78. The standard InChI is InChI=1S/C23H23N3O4/c1-13-5-4-6-15(9-13)12-26-22-21(14(2)25-26)17(11-20(27)24-22)16-7-8-19(30-3)18(10-16)23(28)29/h4-10,17H,11-12H2,1-3H3,(H,24,27)(H,28,29). The van der Waals surface area contributed by atoms with E-state index in [0.29, 0.717) is 18.1 Å². The highest BCUT2D eigenvalue weighted by molar-refractivity contribution is 5.95. The van der Waals surface area contributed by atoms with Gasteiger partial charge in [-0.3, -0.25) is 4.79 Å². The van der Waals surface area contributed by atoms with Crippen LogP contribution in [0.1, 0.15) is 50.6 Å². The topological polar surface area (TPSA) is 93.5 Å². The van der Waals surface area contributed by atoms with Crippen LogP contribution in [-0.4, -0.2) is 33.9 Å². The molecule has 2 aromatic carbocycles. The van der Waals surface area contributed by atoms with Crippen molar-refractivity contribution in [1.29, 1.82) is 0 Å². The third-order valence-electron chi connectivity index (χ3n) is 5.44. The number of benzene rings is 2. The number of carboxylic acid groups (broad SMARTS) is 1. The first-order valence-electron chi connectivity index (χ1n) is 9.71. The molecule has 1 unspecified atom stereocenters. The molecule has 1 atom stereocenters. The fraction of sp³-hybridized carbons (Fsp3) is 0.261. The SMILES string of the molecule is COc1ccc(C2CC(=O)Nc3c2c(C)nn3Cc2cccc(C)c2)cc1C(=O)O. The van der Waals surface area contributed by atoms with E-state index in [1.807, 2.05) is 42.8 Å². The first-order chi connectivity index (χ1) is 14.4. The average Bonchev–Trinajstić information content (AvgIpc) is 3.02. The van der Waals surface area contributed by atoms with Crippen LogP contribution in [0.4, 0.5) is 5.82 Å². The second-order valence-corrected chi connectivity index (χ2v) is 7.56. The summed E-state index contributed by atoms with van der Waals surface area (Å²) < 4.78 is 6.98. The molecule has 7 heteroatoms. The van der Waals surface area contributed by atoms with E-state index >= 15 is 0 Å². The van der Waals surface area contributed by atoms with E-state index in [9.17, 15) is 14.7 Å². The van der Waals surface area contributed by atoms with Crippen LogP contribution >= 0.6 is 0 Å². The Morgan fingerprint density at radius 1 is 1.27 bits per heavy atom. The lowest BCUT2D eigenvalue weighted by Gasteiger charge is -2.25. The number of nitrogens with zero attached hydrogens (tertiary/aromatic N) is 2. The van der Waals surface area contributed by atoms with Crippen molar-refractivity contribution >= 4 is 17.7 Å². The van der Waals surface area contributed by atoms with E-state index in [1.165, 1.54) is 7.11 Å². The number of aromatic carboxylic acids is 1. The summed E-state index contributed by atoms with van der Waals surface area (Å²) in [6.07, 6.45) is 0.232. The van der Waals surface area contributed by atoms with Gasteiger partial charge in [0.1, 0.15) is 17.1 Å². The lowest BCUT2D eigenvalue weighted by molar-refractivity contribution is -0.116. The molecule has 154 valence electrons. The van der Waals surface area contributed by atoms with Gasteiger partial charge in [0.25, 0.3) is 0 Å². The quantitative estimate of drug-likeness (QED) is 0.675. The summed E-state index contributed by atoms with van der Waals surface area (Å²) in [5, 5.41) is 17.2. The van der Waals surface area contributed by atoms with Crippen molar-refractivity contribution in [2.24, 2.45) is 0 Å². The molecule has 0 saturated heterocycles. The van der Waals surface area contributed by atoms with Crippen molar-refractivity contribution in [2.75, 3.05) is 12.4 Å². The molecular weight excluding hydrogens is 382 g/mol. The predicted molar refractivity (Wildman–Crippen MR) is 112 cm³/mol. The van der Waals surface area contributed by atoms with Gasteiger partial charge in [-0.25, -0.2) is 9.48 Å². The third kappa shape index (κ3) is 3.54. The van der Waals surface area contributed by atoms with Gasteiger partial charge in [-0.05, 0) is 37.1 Å². The molecule has 0 fully saturated rings. The van der Waals surface area contributed by atoms with Crippen molar-refractivity contribution in [1.82, 2.24) is 9.78 Å². The summed E-state index contributed by atoms with van der Waals surface area (Å²) in [7, 11) is 1.44. The monoisotopic (exact) mass is 405 g/mol. The molecule has 30 heavy (non-hydrogen) atoms. The zero-order valence-electron chi connectivity index (χ0n) is 17.1. The number of hydrogen-bond acceptors (Lipinski definition) is 4. The summed E-state index contributed by atoms with van der Waals surface area (Å²) in [5.41, 5.74) is 4.81. The van der Waals surface area contributed by atoms with Crippen LogP contribution in [0.25, 0.3) is 0 Å². The predicted octanol–water partition coefficient (Wildman–Crippen LogP) is 3.73. The molecular formula is C23H23N3O4. The van der Waals surface area contributed by atoms with E-state index in [-0.39, 0.29) is 23.8 Å². The number of aromatic nitrogens is 2. The van der Waals surface area contributed by atoms with Gasteiger partial charge in [-0.2, -0.15) is 5.10 Å². The van der Waals surface area contributed by atoms with E-state index in [2.05, 4.69) is 16.5 Å². The second kappa shape index (κ2) is 7.67. The van der Waals surface area contributed by atoms with E-state index in [1.54, 1.807) is 12.1 Å². The van der Waals surface area contributed by atoms with Crippen LogP contribution in [0.3, 0.4) is 0 Å². The number of carbonyl (C=O) groups excluding carboxylic acids is 1. The fourth-order valence-electron chi connectivity index (χ4n) is 4.11. The van der Waals surface area contributed by atoms with Gasteiger partial charge in [0.2, 0.25) is 5.91 Å². The maximum Gasteiger partial charge on any atom is 0.339 e. The van der Waals surface area contributed by atoms with Crippen LogP contribution in [0.5, 0.6) is 5.75 Å². The van der Waals surface area contributed by atoms with Gasteiger partial charge >= 0.3 is 5.97 Å². The maximum absolute atomic E-state index is 12.5. The number of carbonyl (C=O) groups is 2. The van der Waals surface area contributed by atoms with Gasteiger partial charge < -0.3 is 15.2 Å². The molecule has 0 bridgehead atoms. The number of nitrogens with one attached hydrogen (secondary N) is 1. The Morgan fingerprint density at radius 3 is 2.77 bits per heavy atom. The van der Waals surface area contributed by atoms with Crippen molar-refractivity contribution in [3.8, 4) is 5.75 Å². The summed E-state index contributed by atoms with van der Waals surface area (Å²) in [6.45, 7) is 4.49. The molecule has 1 aliphatic heterocycles. The molecule has 0 aliphatic carbocycles. The lowest BCUT2D eigenvalue weighted by atomic mass is 9.85. The van der Waals surface area contributed by atoms with E-state index < -0.39 is 5.97 Å². The number of carboxylic acids is 1. The van der Waals surface area contributed by atoms with Gasteiger partial charge in [0.05, 0.1) is 19.3 Å². The van der Waals surface area contributed by atoms with Gasteiger partial charge in [-0.15, -0.1) is 0 Å². The molecule has 0 saturated carbocycles. The second-order valence-electron chi connectivity index (χ2n) is 7.56. The molecule has 2 heterocycles. The number of amides is 1. The van der Waals surface area contributed by atoms with Crippen molar-refractivity contribution in [2.45, 2.75) is 32.7 Å². The summed E-state index contributed by atoms with van der Waals surface area (Å²) in [4.78, 5) is 24.2. The van der Waals surface area contributed by atoms with Crippen molar-refractivity contribution in [3.05, 3.63) is 76.0 Å². The van der Waals surface area contributed by atoms with E-state index in [4.69, 9.17) is 4.74 Å². The normalized spacial score (nSPS) is 15.4. The van der Waals surface area contributed by atoms with E-state index in [0.717, 1.165) is 27.9 Å². The molecule has 0 radical (unpaired) electrons. The minimum absolute atomic E-state index is 0.0762. The Hall–Kier alpha value is -3.61. The summed E-state index contributed by atoms with van der Waals surface area (Å²) in [5.74, 6) is -0.503. The van der Waals surface area contributed by atoms with Crippen molar-refractivity contribution < 1.29 is 19.4 Å². The zero-order valence-corrected chi connectivity index (χ0v) is 17.1. The minimum atomic E-state index is -1.07. The van der Waals surface area contributed by atoms with Crippen LogP contribution < -0.4 is 10.1 Å². The molecule has 1 aliphatic rings. The number of hydrogen-bond donors (Lipinski definition) is 2. The minimum Gasteiger partial charge on any atom is -0.496 e. The van der Waals surface area contributed by atoms with Crippen molar-refractivity contribution in [3.63, 3.8) is 0 Å². The number of anilines is 1. The van der Waals surface area contributed by atoms with Crippen LogP contribution in [0, 0.1) is 13.8 Å². The molecule has 7 nitrogen and oxygen atoms in total. The Bertz CT molecular complexity index is 1150. The van der Waals surface area contributed by atoms with Crippen LogP contribution in [0.15, 0.2) is 42.5 Å². The number of ether oxygens (including phenoxy) is 1. The summed E-state index contributed by atoms with van der Waals surface area (Å²) >= 11 is 0. The fourth-order valence-corrected chi connectivity index (χ4v) is 4.11. The first-order valence-corrected chi connectivity index (χ1v) is 9.71. The molecule has 1 aromatic heterocycles. The Labute approximate surface area is 174 Å². The molecule has 1 amide bonds. The smallest absolute Gasteiger partial charge is 0.339 e. The number of methoxy groups -OCH3 is 1. The highest BCUT2D eigenvalue weighted by atomic mass is 16.5. The highest BCUT2D eigenvalue weighted by Gasteiger charge is 2.33. The zero-order chi connectivity index (χ0) is 21.4. The Morgan fingerprint density at radius 2 is 2.07 bits per heavy atom. The van der Waals surface area contributed by atoms with Gasteiger partial charge in [0.15, 0.2) is 0 Å². The van der Waals surface area contributed by atoms with Crippen LogP contribution in [-0.2, 0) is 11.3 Å². The molecule has 2 N–H and O–H groups in total. The molecule has 0 spiro atoms. The highest BCUT2D eigenvalue weighted by Crippen LogP contribution is 2.40.